The van der Waals surface area contributed by atoms with Crippen molar-refractivity contribution in [3.05, 3.63) is 24.3 Å². The smallest absolute Gasteiger partial charge is 0.214 e. The van der Waals surface area contributed by atoms with Crippen molar-refractivity contribution in [3.63, 3.8) is 0 Å². The highest BCUT2D eigenvalue weighted by Crippen LogP contribution is 2.31. The van der Waals surface area contributed by atoms with E-state index in [-0.39, 0.29) is 5.92 Å². The molecular formula is C12H21NO2S. The van der Waals surface area contributed by atoms with Crippen LogP contribution in [0.5, 0.6) is 0 Å². The van der Waals surface area contributed by atoms with E-state index in [4.69, 9.17) is 0 Å². The fraction of sp³-hybridized carbons (Fsp3) is 0.667. The second-order valence-electron chi connectivity index (χ2n) is 4.96. The van der Waals surface area contributed by atoms with E-state index in [0.29, 0.717) is 12.5 Å². The topological polar surface area (TPSA) is 46.2 Å². The van der Waals surface area contributed by atoms with Gasteiger partial charge in [0.2, 0.25) is 10.0 Å². The molecule has 3 nitrogen and oxygen atoms in total. The van der Waals surface area contributed by atoms with Crippen LogP contribution >= 0.6 is 0 Å². The summed E-state index contributed by atoms with van der Waals surface area (Å²) in [6.07, 6.45) is 7.38. The van der Waals surface area contributed by atoms with Crippen LogP contribution in [0.1, 0.15) is 27.7 Å². The normalized spacial score (nSPS) is 29.9. The number of hydrogen-bond acceptors (Lipinski definition) is 2. The first kappa shape index (κ1) is 13.5. The zero-order valence-electron chi connectivity index (χ0n) is 10.4. The molecule has 0 bridgehead atoms. The Morgan fingerprint density at radius 1 is 1.38 bits per heavy atom. The second-order valence-corrected chi connectivity index (χ2v) is 7.14. The largest absolute Gasteiger partial charge is 0.221 e. The molecule has 1 aliphatic carbocycles. The van der Waals surface area contributed by atoms with Crippen LogP contribution in [0, 0.1) is 11.8 Å². The zero-order chi connectivity index (χ0) is 12.4. The number of rotatable bonds is 4. The van der Waals surface area contributed by atoms with Crippen molar-refractivity contribution in [2.24, 2.45) is 11.8 Å². The van der Waals surface area contributed by atoms with Crippen molar-refractivity contribution in [2.45, 2.75) is 32.4 Å². The Labute approximate surface area is 98.7 Å². The highest BCUT2D eigenvalue weighted by Gasteiger charge is 2.41. The van der Waals surface area contributed by atoms with Crippen LogP contribution in [0.3, 0.4) is 0 Å². The minimum absolute atomic E-state index is 0.0119. The predicted octanol–water partition coefficient (Wildman–Crippen LogP) is 2.08. The lowest BCUT2D eigenvalue weighted by Crippen LogP contribution is -2.48. The third-order valence-electron chi connectivity index (χ3n) is 3.10. The van der Waals surface area contributed by atoms with E-state index in [9.17, 15) is 8.42 Å². The summed E-state index contributed by atoms with van der Waals surface area (Å²) in [6.45, 7) is 8.16. The van der Waals surface area contributed by atoms with Gasteiger partial charge in [-0.25, -0.2) is 13.1 Å². The number of nitrogens with one attached hydrogen (secondary N) is 1. The molecule has 1 aliphatic rings. The Morgan fingerprint density at radius 3 is 2.50 bits per heavy atom. The Morgan fingerprint density at radius 2 is 2.00 bits per heavy atom. The van der Waals surface area contributed by atoms with E-state index in [2.05, 4.69) is 4.72 Å². The molecular weight excluding hydrogens is 222 g/mol. The minimum Gasteiger partial charge on any atom is -0.214 e. The fourth-order valence-electron chi connectivity index (χ4n) is 1.59. The van der Waals surface area contributed by atoms with Crippen molar-refractivity contribution in [3.8, 4) is 0 Å². The summed E-state index contributed by atoms with van der Waals surface area (Å²) in [6, 6.07) is 0. The lowest BCUT2D eigenvalue weighted by atomic mass is 9.91. The van der Waals surface area contributed by atoms with E-state index in [1.807, 2.05) is 32.9 Å². The molecule has 16 heavy (non-hydrogen) atoms. The highest BCUT2D eigenvalue weighted by molar-refractivity contribution is 7.91. The van der Waals surface area contributed by atoms with Crippen LogP contribution in [0.2, 0.25) is 0 Å². The van der Waals surface area contributed by atoms with Gasteiger partial charge < -0.3 is 0 Å². The first-order valence-electron chi connectivity index (χ1n) is 5.65. The number of sulfonamides is 1. The zero-order valence-corrected chi connectivity index (χ0v) is 11.2. The van der Waals surface area contributed by atoms with Crippen LogP contribution in [0.4, 0.5) is 0 Å². The Hall–Kier alpha value is -0.610. The molecule has 0 aromatic heterocycles. The van der Waals surface area contributed by atoms with Crippen LogP contribution in [0.25, 0.3) is 0 Å². The van der Waals surface area contributed by atoms with Crippen molar-refractivity contribution in [1.29, 1.82) is 0 Å². The number of allylic oxidation sites excluding steroid dienone is 3. The molecule has 0 saturated carbocycles. The monoisotopic (exact) mass is 243 g/mol. The van der Waals surface area contributed by atoms with Crippen molar-refractivity contribution >= 4 is 10.0 Å². The lowest BCUT2D eigenvalue weighted by molar-refractivity contribution is 0.494. The van der Waals surface area contributed by atoms with Gasteiger partial charge in [-0.15, -0.1) is 0 Å². The molecule has 0 aromatic carbocycles. The van der Waals surface area contributed by atoms with E-state index >= 15 is 0 Å². The van der Waals surface area contributed by atoms with Crippen LogP contribution in [-0.2, 0) is 10.0 Å². The predicted molar refractivity (Wildman–Crippen MR) is 67.6 cm³/mol. The van der Waals surface area contributed by atoms with Gasteiger partial charge >= 0.3 is 0 Å². The molecule has 0 radical (unpaired) electrons. The maximum atomic E-state index is 12.2. The van der Waals surface area contributed by atoms with Crippen LogP contribution in [-0.4, -0.2) is 19.7 Å². The summed E-state index contributed by atoms with van der Waals surface area (Å²) in [5.41, 5.74) is 0. The average Bonchev–Trinajstić information content (AvgIpc) is 2.19. The number of hydrogen-bond donors (Lipinski definition) is 1. The summed E-state index contributed by atoms with van der Waals surface area (Å²) in [5, 5.41) is 0. The molecule has 4 heteroatoms. The summed E-state index contributed by atoms with van der Waals surface area (Å²) in [4.78, 5) is 0. The Kier molecular flexibility index (Phi) is 3.97. The maximum Gasteiger partial charge on any atom is 0.221 e. The molecule has 0 saturated heterocycles. The average molecular weight is 243 g/mol. The molecule has 1 rings (SSSR count). The summed E-state index contributed by atoms with van der Waals surface area (Å²) in [7, 11) is -3.32. The van der Waals surface area contributed by atoms with Gasteiger partial charge in [-0.05, 0) is 18.8 Å². The molecule has 2 atom stereocenters. The molecule has 1 N–H and O–H groups in total. The third kappa shape index (κ3) is 2.55. The van der Waals surface area contributed by atoms with Gasteiger partial charge in [0.05, 0.1) is 0 Å². The van der Waals surface area contributed by atoms with E-state index in [1.165, 1.54) is 0 Å². The van der Waals surface area contributed by atoms with E-state index in [1.54, 1.807) is 19.1 Å². The van der Waals surface area contributed by atoms with Crippen molar-refractivity contribution < 1.29 is 8.42 Å². The van der Waals surface area contributed by atoms with Gasteiger partial charge in [0, 0.05) is 6.54 Å². The lowest BCUT2D eigenvalue weighted by Gasteiger charge is -2.32. The maximum absolute atomic E-state index is 12.2. The van der Waals surface area contributed by atoms with E-state index < -0.39 is 14.8 Å². The molecule has 0 aliphatic heterocycles. The summed E-state index contributed by atoms with van der Waals surface area (Å²) in [5.74, 6) is 0.305. The van der Waals surface area contributed by atoms with Gasteiger partial charge in [0.25, 0.3) is 0 Å². The van der Waals surface area contributed by atoms with Crippen molar-refractivity contribution in [1.82, 2.24) is 4.72 Å². The van der Waals surface area contributed by atoms with Gasteiger partial charge in [-0.1, -0.05) is 45.1 Å². The standard InChI is InChI=1S/C12H21NO2S/c1-10(2)9-13-16(14,15)12(4)8-6-5-7-11(12)3/h5-8,10-11,13H,9H2,1-4H3. The van der Waals surface area contributed by atoms with Crippen LogP contribution < -0.4 is 4.72 Å². The van der Waals surface area contributed by atoms with Crippen LogP contribution in [0.15, 0.2) is 24.3 Å². The SMILES string of the molecule is CC(C)CNS(=O)(=O)C1(C)C=CC=CC1C. The summed E-state index contributed by atoms with van der Waals surface area (Å²) < 4.78 is 26.3. The fourth-order valence-corrected chi connectivity index (χ4v) is 3.28. The first-order valence-corrected chi connectivity index (χ1v) is 7.13. The second kappa shape index (κ2) is 4.72. The van der Waals surface area contributed by atoms with Crippen molar-refractivity contribution in [2.75, 3.05) is 6.54 Å². The van der Waals surface area contributed by atoms with Gasteiger partial charge in [-0.3, -0.25) is 0 Å². The molecule has 0 heterocycles. The first-order chi connectivity index (χ1) is 7.29. The molecule has 0 fully saturated rings. The summed E-state index contributed by atoms with van der Waals surface area (Å²) >= 11 is 0. The van der Waals surface area contributed by atoms with Gasteiger partial charge in [0.1, 0.15) is 4.75 Å². The van der Waals surface area contributed by atoms with Gasteiger partial charge in [-0.2, -0.15) is 0 Å². The minimum atomic E-state index is -3.32. The molecule has 0 spiro atoms. The highest BCUT2D eigenvalue weighted by atomic mass is 32.2. The van der Waals surface area contributed by atoms with Gasteiger partial charge in [0.15, 0.2) is 0 Å². The molecule has 92 valence electrons. The quantitative estimate of drug-likeness (QED) is 0.821. The Balaban J connectivity index is 2.90. The van der Waals surface area contributed by atoms with E-state index in [0.717, 1.165) is 0 Å². The Bertz CT molecular complexity index is 395. The molecule has 0 amide bonds. The third-order valence-corrected chi connectivity index (χ3v) is 5.32. The molecule has 0 aromatic rings. The molecule has 2 unspecified atom stereocenters.